The van der Waals surface area contributed by atoms with E-state index in [2.05, 4.69) is 36.1 Å². The van der Waals surface area contributed by atoms with Crippen molar-refractivity contribution < 1.29 is 13.9 Å². The maximum Gasteiger partial charge on any atom is 0.307 e. The van der Waals surface area contributed by atoms with E-state index in [1.165, 1.54) is 0 Å². The zero-order chi connectivity index (χ0) is 22.2. The van der Waals surface area contributed by atoms with E-state index in [1.807, 2.05) is 65.1 Å². The monoisotopic (exact) mass is 531 g/mol. The molecule has 0 fully saturated rings. The van der Waals surface area contributed by atoms with Crippen molar-refractivity contribution in [3.05, 3.63) is 105 Å². The van der Waals surface area contributed by atoms with Crippen molar-refractivity contribution in [1.29, 1.82) is 0 Å². The summed E-state index contributed by atoms with van der Waals surface area (Å²) < 4.78 is 21.1. The van der Waals surface area contributed by atoms with E-state index in [0.717, 1.165) is 11.1 Å². The lowest BCUT2D eigenvalue weighted by molar-refractivity contribution is -0.145. The van der Waals surface area contributed by atoms with E-state index in [4.69, 9.17) is 4.74 Å². The van der Waals surface area contributed by atoms with Gasteiger partial charge in [-0.15, -0.1) is 0 Å². The molecular formula is C26H27FINO2. The highest BCUT2D eigenvalue weighted by molar-refractivity contribution is 14.1. The average Bonchev–Trinajstić information content (AvgIpc) is 2.79. The Morgan fingerprint density at radius 2 is 1.65 bits per heavy atom. The van der Waals surface area contributed by atoms with Gasteiger partial charge in [0, 0.05) is 27.8 Å². The Bertz CT molecular complexity index is 981. The first-order valence-electron chi connectivity index (χ1n) is 10.5. The molecule has 0 spiro atoms. The Balaban J connectivity index is 2.08. The summed E-state index contributed by atoms with van der Waals surface area (Å²) in [6.45, 7) is 4.76. The van der Waals surface area contributed by atoms with Gasteiger partial charge in [-0.2, -0.15) is 0 Å². The number of ether oxygens (including phenoxy) is 1. The summed E-state index contributed by atoms with van der Waals surface area (Å²) in [5.74, 6) is -0.611. The van der Waals surface area contributed by atoms with Crippen LogP contribution in [0.4, 0.5) is 4.39 Å². The number of rotatable bonds is 9. The van der Waals surface area contributed by atoms with Gasteiger partial charge >= 0.3 is 5.97 Å². The van der Waals surface area contributed by atoms with Crippen molar-refractivity contribution in [3.63, 3.8) is 0 Å². The van der Waals surface area contributed by atoms with Gasteiger partial charge in [0.2, 0.25) is 0 Å². The molecule has 0 aliphatic carbocycles. The van der Waals surface area contributed by atoms with E-state index in [1.54, 1.807) is 19.1 Å². The molecule has 0 heterocycles. The minimum Gasteiger partial charge on any atom is -0.466 e. The van der Waals surface area contributed by atoms with Crippen LogP contribution in [0.1, 0.15) is 49.0 Å². The van der Waals surface area contributed by atoms with E-state index in [-0.39, 0.29) is 24.2 Å². The maximum atomic E-state index is 15.3. The van der Waals surface area contributed by atoms with Crippen molar-refractivity contribution >= 4 is 28.6 Å². The van der Waals surface area contributed by atoms with Crippen LogP contribution in [0.25, 0.3) is 0 Å². The van der Waals surface area contributed by atoms with Crippen molar-refractivity contribution in [1.82, 2.24) is 4.90 Å². The molecule has 0 aliphatic rings. The Labute approximate surface area is 197 Å². The summed E-state index contributed by atoms with van der Waals surface area (Å²) in [4.78, 5) is 14.8. The molecule has 0 N–H and O–H groups in total. The molecule has 3 aromatic carbocycles. The number of nitrogens with zero attached hydrogens (tertiary/aromatic N) is 1. The van der Waals surface area contributed by atoms with Gasteiger partial charge < -0.3 is 4.74 Å². The Kier molecular flexibility index (Phi) is 8.60. The Hall–Kier alpha value is -2.25. The summed E-state index contributed by atoms with van der Waals surface area (Å²) >= 11 is 2.00. The van der Waals surface area contributed by atoms with E-state index >= 15 is 4.39 Å². The number of benzene rings is 3. The number of carbonyl (C=O) groups is 1. The van der Waals surface area contributed by atoms with Crippen LogP contribution in [-0.4, -0.2) is 17.5 Å². The minimum absolute atomic E-state index is 0.0434. The van der Waals surface area contributed by atoms with Gasteiger partial charge in [-0.05, 0) is 53.6 Å². The fourth-order valence-electron chi connectivity index (χ4n) is 3.80. The largest absolute Gasteiger partial charge is 0.466 e. The fraction of sp³-hybridized carbons (Fsp3) is 0.269. The van der Waals surface area contributed by atoms with Crippen molar-refractivity contribution in [3.8, 4) is 0 Å². The van der Waals surface area contributed by atoms with Crippen LogP contribution in [0, 0.1) is 9.39 Å². The maximum absolute atomic E-state index is 15.3. The van der Waals surface area contributed by atoms with Crippen LogP contribution in [-0.2, 0) is 16.1 Å². The van der Waals surface area contributed by atoms with Crippen LogP contribution in [0.5, 0.6) is 0 Å². The standard InChI is InChI=1S/C26H27FINO2/c1-3-31-25(30)17-24(22-15-10-16-23(28)26(22)27)29(18-20-11-6-4-7-12-20)19(2)21-13-8-5-9-14-21/h4-16,19,24H,3,17-18H2,1-2H3. The molecule has 3 rings (SSSR count). The number of hydrogen-bond donors (Lipinski definition) is 0. The molecule has 5 heteroatoms. The molecule has 0 bridgehead atoms. The molecule has 162 valence electrons. The second-order valence-electron chi connectivity index (χ2n) is 7.41. The van der Waals surface area contributed by atoms with Crippen LogP contribution in [0.15, 0.2) is 78.9 Å². The Morgan fingerprint density at radius 1 is 1.00 bits per heavy atom. The smallest absolute Gasteiger partial charge is 0.307 e. The van der Waals surface area contributed by atoms with Gasteiger partial charge in [-0.1, -0.05) is 72.8 Å². The molecule has 3 aromatic rings. The van der Waals surface area contributed by atoms with Gasteiger partial charge in [-0.25, -0.2) is 4.39 Å². The van der Waals surface area contributed by atoms with E-state index < -0.39 is 6.04 Å². The number of hydrogen-bond acceptors (Lipinski definition) is 3. The predicted octanol–water partition coefficient (Wildman–Crippen LogP) is 6.69. The third kappa shape index (κ3) is 6.14. The van der Waals surface area contributed by atoms with Crippen LogP contribution in [0.3, 0.4) is 0 Å². The molecule has 0 saturated carbocycles. The van der Waals surface area contributed by atoms with Crippen molar-refractivity contribution in [2.75, 3.05) is 6.61 Å². The third-order valence-corrected chi connectivity index (χ3v) is 6.23. The second-order valence-corrected chi connectivity index (χ2v) is 8.57. The molecule has 0 saturated heterocycles. The molecule has 31 heavy (non-hydrogen) atoms. The normalized spacial score (nSPS) is 13.1. The molecule has 3 nitrogen and oxygen atoms in total. The molecular weight excluding hydrogens is 504 g/mol. The lowest BCUT2D eigenvalue weighted by Gasteiger charge is -2.37. The molecule has 0 aromatic heterocycles. The SMILES string of the molecule is CCOC(=O)CC(c1cccc(I)c1F)N(Cc1ccccc1)C(C)c1ccccc1. The van der Waals surface area contributed by atoms with Gasteiger partial charge in [0.1, 0.15) is 5.82 Å². The minimum atomic E-state index is -0.468. The van der Waals surface area contributed by atoms with Crippen molar-refractivity contribution in [2.45, 2.75) is 38.9 Å². The van der Waals surface area contributed by atoms with E-state index in [9.17, 15) is 4.79 Å². The summed E-state index contributed by atoms with van der Waals surface area (Å²) in [5.41, 5.74) is 2.72. The molecule has 2 atom stereocenters. The lowest BCUT2D eigenvalue weighted by atomic mass is 9.96. The average molecular weight is 531 g/mol. The highest BCUT2D eigenvalue weighted by Crippen LogP contribution is 2.36. The first kappa shape index (κ1) is 23.4. The topological polar surface area (TPSA) is 29.5 Å². The van der Waals surface area contributed by atoms with Crippen molar-refractivity contribution in [2.24, 2.45) is 0 Å². The highest BCUT2D eigenvalue weighted by Gasteiger charge is 2.31. The first-order valence-corrected chi connectivity index (χ1v) is 11.5. The zero-order valence-electron chi connectivity index (χ0n) is 17.8. The number of esters is 1. The molecule has 0 amide bonds. The molecule has 2 unspecified atom stereocenters. The Morgan fingerprint density at radius 3 is 2.29 bits per heavy atom. The van der Waals surface area contributed by atoms with Crippen LogP contribution >= 0.6 is 22.6 Å². The zero-order valence-corrected chi connectivity index (χ0v) is 20.0. The number of carbonyl (C=O) groups excluding carboxylic acids is 1. The predicted molar refractivity (Wildman–Crippen MR) is 130 cm³/mol. The lowest BCUT2D eigenvalue weighted by Crippen LogP contribution is -2.33. The summed E-state index contributed by atoms with van der Waals surface area (Å²) in [6, 6.07) is 25.0. The summed E-state index contributed by atoms with van der Waals surface area (Å²) in [6.07, 6.45) is 0.0782. The van der Waals surface area contributed by atoms with Gasteiger partial charge in [0.05, 0.1) is 13.0 Å². The van der Waals surface area contributed by atoms with Crippen LogP contribution < -0.4 is 0 Å². The summed E-state index contributed by atoms with van der Waals surface area (Å²) in [5, 5.41) is 0. The summed E-state index contributed by atoms with van der Waals surface area (Å²) in [7, 11) is 0. The van der Waals surface area contributed by atoms with Crippen LogP contribution in [0.2, 0.25) is 0 Å². The second kappa shape index (κ2) is 11.4. The fourth-order valence-corrected chi connectivity index (χ4v) is 4.31. The third-order valence-electron chi connectivity index (χ3n) is 5.39. The quantitative estimate of drug-likeness (QED) is 0.228. The first-order chi connectivity index (χ1) is 15.0. The molecule has 0 aliphatic heterocycles. The molecule has 0 radical (unpaired) electrons. The van der Waals surface area contributed by atoms with Gasteiger partial charge in [0.15, 0.2) is 0 Å². The van der Waals surface area contributed by atoms with Gasteiger partial charge in [0.25, 0.3) is 0 Å². The highest BCUT2D eigenvalue weighted by atomic mass is 127. The van der Waals surface area contributed by atoms with Gasteiger partial charge in [-0.3, -0.25) is 9.69 Å². The number of halogens is 2. The van der Waals surface area contributed by atoms with E-state index in [0.29, 0.717) is 22.3 Å².